The molecule has 0 amide bonds. The van der Waals surface area contributed by atoms with Crippen LogP contribution in [0.25, 0.3) is 11.4 Å². The molecule has 92 valence electrons. The van der Waals surface area contributed by atoms with Crippen LogP contribution in [-0.2, 0) is 0 Å². The molecule has 0 saturated carbocycles. The monoisotopic (exact) mass is 250 g/mol. The van der Waals surface area contributed by atoms with Gasteiger partial charge in [-0.2, -0.15) is 15.6 Å². The van der Waals surface area contributed by atoms with Crippen molar-refractivity contribution in [2.45, 2.75) is 6.92 Å². The Morgan fingerprint density at radius 2 is 1.95 bits per heavy atom. The molecule has 0 spiro atoms. The second-order valence-corrected chi connectivity index (χ2v) is 3.75. The first-order valence-corrected chi connectivity index (χ1v) is 5.49. The number of aryl methyl sites for hydroxylation is 1. The number of hydrogen-bond donors (Lipinski definition) is 2. The summed E-state index contributed by atoms with van der Waals surface area (Å²) in [5.74, 6) is 1.39. The van der Waals surface area contributed by atoms with Crippen LogP contribution in [-0.4, -0.2) is 15.2 Å². The van der Waals surface area contributed by atoms with Crippen LogP contribution in [0.5, 0.6) is 0 Å². The molecular formula is C13H10N6. The van der Waals surface area contributed by atoms with E-state index in [4.69, 9.17) is 10.5 Å². The van der Waals surface area contributed by atoms with Crippen molar-refractivity contribution in [3.63, 3.8) is 0 Å². The molecule has 2 rings (SSSR count). The van der Waals surface area contributed by atoms with Gasteiger partial charge in [0.1, 0.15) is 23.5 Å². The third-order valence-corrected chi connectivity index (χ3v) is 2.36. The molecule has 0 bridgehead atoms. The number of benzene rings is 1. The SMILES string of the molecule is Cc1nc(-c2ccc(NC=C(C#N)C#N)cc2)n[nH]1. The Balaban J connectivity index is 2.14. The zero-order valence-electron chi connectivity index (χ0n) is 10.2. The predicted octanol–water partition coefficient (Wildman–Crippen LogP) is 2.12. The van der Waals surface area contributed by atoms with Crippen molar-refractivity contribution < 1.29 is 0 Å². The maximum atomic E-state index is 8.60. The predicted molar refractivity (Wildman–Crippen MR) is 69.5 cm³/mol. The summed E-state index contributed by atoms with van der Waals surface area (Å²) < 4.78 is 0. The lowest BCUT2D eigenvalue weighted by Crippen LogP contribution is -1.90. The third-order valence-electron chi connectivity index (χ3n) is 2.36. The van der Waals surface area contributed by atoms with E-state index < -0.39 is 0 Å². The summed E-state index contributed by atoms with van der Waals surface area (Å²) >= 11 is 0. The van der Waals surface area contributed by atoms with Gasteiger partial charge < -0.3 is 5.32 Å². The lowest BCUT2D eigenvalue weighted by atomic mass is 10.2. The van der Waals surface area contributed by atoms with Gasteiger partial charge in [0.25, 0.3) is 0 Å². The molecular weight excluding hydrogens is 240 g/mol. The van der Waals surface area contributed by atoms with Gasteiger partial charge in [0, 0.05) is 17.5 Å². The standard InChI is InChI=1S/C13H10N6/c1-9-17-13(19-18-9)11-2-4-12(5-3-11)16-8-10(6-14)7-15/h2-5,8,16H,1H3,(H,17,18,19). The molecule has 0 atom stereocenters. The van der Waals surface area contributed by atoms with Crippen molar-refractivity contribution in [3.05, 3.63) is 41.9 Å². The normalized spacial score (nSPS) is 9.21. The van der Waals surface area contributed by atoms with E-state index in [-0.39, 0.29) is 5.57 Å². The summed E-state index contributed by atoms with van der Waals surface area (Å²) in [5.41, 5.74) is 1.69. The Kier molecular flexibility index (Phi) is 3.56. The van der Waals surface area contributed by atoms with E-state index in [1.54, 1.807) is 12.1 Å². The van der Waals surface area contributed by atoms with E-state index in [0.717, 1.165) is 17.1 Å². The third kappa shape index (κ3) is 2.96. The van der Waals surface area contributed by atoms with E-state index in [9.17, 15) is 0 Å². The quantitative estimate of drug-likeness (QED) is 0.812. The van der Waals surface area contributed by atoms with Crippen LogP contribution in [0.15, 0.2) is 36.0 Å². The zero-order chi connectivity index (χ0) is 13.7. The number of nitriles is 2. The number of nitrogens with zero attached hydrogens (tertiary/aromatic N) is 4. The first kappa shape index (κ1) is 12.3. The van der Waals surface area contributed by atoms with E-state index in [0.29, 0.717) is 5.82 Å². The highest BCUT2D eigenvalue weighted by molar-refractivity contribution is 5.60. The highest BCUT2D eigenvalue weighted by atomic mass is 15.2. The second-order valence-electron chi connectivity index (χ2n) is 3.75. The largest absolute Gasteiger partial charge is 0.360 e. The average molecular weight is 250 g/mol. The number of rotatable bonds is 3. The minimum absolute atomic E-state index is 0.0219. The van der Waals surface area contributed by atoms with E-state index in [1.165, 1.54) is 6.20 Å². The Morgan fingerprint density at radius 1 is 1.26 bits per heavy atom. The first-order chi connectivity index (χ1) is 9.22. The summed E-state index contributed by atoms with van der Waals surface area (Å²) in [6, 6.07) is 10.9. The number of hydrogen-bond acceptors (Lipinski definition) is 5. The van der Waals surface area contributed by atoms with Crippen LogP contribution >= 0.6 is 0 Å². The van der Waals surface area contributed by atoms with Gasteiger partial charge >= 0.3 is 0 Å². The van der Waals surface area contributed by atoms with Gasteiger partial charge in [-0.3, -0.25) is 5.10 Å². The van der Waals surface area contributed by atoms with Gasteiger partial charge in [-0.25, -0.2) is 4.98 Å². The van der Waals surface area contributed by atoms with E-state index >= 15 is 0 Å². The molecule has 0 aliphatic rings. The van der Waals surface area contributed by atoms with Gasteiger partial charge in [0.2, 0.25) is 0 Å². The molecule has 1 aromatic heterocycles. The maximum absolute atomic E-state index is 8.60. The lowest BCUT2D eigenvalue weighted by Gasteiger charge is -2.01. The van der Waals surface area contributed by atoms with Gasteiger partial charge in [-0.15, -0.1) is 0 Å². The molecule has 2 N–H and O–H groups in total. The average Bonchev–Trinajstić information content (AvgIpc) is 2.87. The Morgan fingerprint density at radius 3 is 2.47 bits per heavy atom. The molecule has 0 unspecified atom stereocenters. The molecule has 0 aliphatic carbocycles. The maximum Gasteiger partial charge on any atom is 0.181 e. The first-order valence-electron chi connectivity index (χ1n) is 5.49. The number of allylic oxidation sites excluding steroid dienone is 1. The lowest BCUT2D eigenvalue weighted by molar-refractivity contribution is 1.04. The van der Waals surface area contributed by atoms with Crippen molar-refractivity contribution in [3.8, 4) is 23.5 Å². The number of aromatic amines is 1. The number of aromatic nitrogens is 3. The molecule has 6 heteroatoms. The van der Waals surface area contributed by atoms with Crippen molar-refractivity contribution in [2.24, 2.45) is 0 Å². The van der Waals surface area contributed by atoms with Gasteiger partial charge in [-0.05, 0) is 31.2 Å². The van der Waals surface area contributed by atoms with Gasteiger partial charge in [0.05, 0.1) is 0 Å². The minimum Gasteiger partial charge on any atom is -0.360 e. The fourth-order valence-electron chi connectivity index (χ4n) is 1.43. The van der Waals surface area contributed by atoms with Crippen molar-refractivity contribution in [1.29, 1.82) is 10.5 Å². The molecule has 6 nitrogen and oxygen atoms in total. The zero-order valence-corrected chi connectivity index (χ0v) is 10.2. The fourth-order valence-corrected chi connectivity index (χ4v) is 1.43. The molecule has 0 fully saturated rings. The van der Waals surface area contributed by atoms with Crippen LogP contribution in [0.2, 0.25) is 0 Å². The Bertz CT molecular complexity index is 665. The summed E-state index contributed by atoms with van der Waals surface area (Å²) in [7, 11) is 0. The van der Waals surface area contributed by atoms with Gasteiger partial charge in [0.15, 0.2) is 5.82 Å². The topological polar surface area (TPSA) is 101 Å². The molecule has 1 heterocycles. The van der Waals surface area contributed by atoms with Crippen LogP contribution in [0, 0.1) is 29.6 Å². The Hall–Kier alpha value is -3.12. The smallest absolute Gasteiger partial charge is 0.181 e. The molecule has 2 aromatic rings. The summed E-state index contributed by atoms with van der Waals surface area (Å²) in [4.78, 5) is 4.23. The molecule has 19 heavy (non-hydrogen) atoms. The highest BCUT2D eigenvalue weighted by Gasteiger charge is 2.02. The second kappa shape index (κ2) is 5.48. The Labute approximate surface area is 110 Å². The van der Waals surface area contributed by atoms with Gasteiger partial charge in [-0.1, -0.05) is 0 Å². The number of H-pyrrole nitrogens is 1. The number of nitrogens with one attached hydrogen (secondary N) is 2. The van der Waals surface area contributed by atoms with Crippen molar-refractivity contribution >= 4 is 5.69 Å². The molecule has 0 saturated heterocycles. The summed E-state index contributed by atoms with van der Waals surface area (Å²) in [5, 5.41) is 26.9. The van der Waals surface area contributed by atoms with Crippen molar-refractivity contribution in [2.75, 3.05) is 5.32 Å². The highest BCUT2D eigenvalue weighted by Crippen LogP contribution is 2.17. The summed E-state index contributed by atoms with van der Waals surface area (Å²) in [6.07, 6.45) is 1.37. The molecule has 1 aromatic carbocycles. The molecule has 0 radical (unpaired) electrons. The van der Waals surface area contributed by atoms with E-state index in [1.807, 2.05) is 31.2 Å². The minimum atomic E-state index is 0.0219. The fraction of sp³-hybridized carbons (Fsp3) is 0.0769. The van der Waals surface area contributed by atoms with Crippen molar-refractivity contribution in [1.82, 2.24) is 15.2 Å². The van der Waals surface area contributed by atoms with Crippen LogP contribution in [0.1, 0.15) is 5.82 Å². The van der Waals surface area contributed by atoms with Crippen LogP contribution in [0.3, 0.4) is 0 Å². The van der Waals surface area contributed by atoms with Crippen LogP contribution < -0.4 is 5.32 Å². The number of anilines is 1. The summed E-state index contributed by atoms with van der Waals surface area (Å²) in [6.45, 7) is 1.84. The van der Waals surface area contributed by atoms with E-state index in [2.05, 4.69) is 20.5 Å². The molecule has 0 aliphatic heterocycles. The van der Waals surface area contributed by atoms with Crippen LogP contribution in [0.4, 0.5) is 5.69 Å².